The van der Waals surface area contributed by atoms with Crippen molar-refractivity contribution in [2.24, 2.45) is 17.8 Å². The van der Waals surface area contributed by atoms with Gasteiger partial charge in [0.25, 0.3) is 0 Å². The molecular weight excluding hydrogens is 312 g/mol. The zero-order chi connectivity index (χ0) is 16.0. The number of rotatable bonds is 4. The Morgan fingerprint density at radius 2 is 1.78 bits per heavy atom. The number of hydrogen-bond acceptors (Lipinski definition) is 4. The van der Waals surface area contributed by atoms with Gasteiger partial charge in [-0.1, -0.05) is 25.1 Å². The van der Waals surface area contributed by atoms with Crippen molar-refractivity contribution >= 4 is 10.0 Å². The molecule has 0 amide bonds. The summed E-state index contributed by atoms with van der Waals surface area (Å²) < 4.78 is 32.8. The summed E-state index contributed by atoms with van der Waals surface area (Å²) in [5.74, 6) is 2.52. The Kier molecular flexibility index (Phi) is 3.96. The topological polar surface area (TPSA) is 49.9 Å². The van der Waals surface area contributed by atoms with E-state index in [0.717, 1.165) is 43.0 Å². The van der Waals surface area contributed by atoms with Gasteiger partial charge in [-0.15, -0.1) is 0 Å². The van der Waals surface area contributed by atoms with Crippen LogP contribution in [0.15, 0.2) is 29.2 Å². The minimum Gasteiger partial charge on any atom is -0.379 e. The van der Waals surface area contributed by atoms with E-state index in [4.69, 9.17) is 4.74 Å². The first-order chi connectivity index (χ1) is 11.1. The zero-order valence-corrected chi connectivity index (χ0v) is 14.3. The molecule has 1 aromatic carbocycles. The Morgan fingerprint density at radius 3 is 2.48 bits per heavy atom. The lowest BCUT2D eigenvalue weighted by Crippen LogP contribution is -2.41. The maximum absolute atomic E-state index is 13.0. The van der Waals surface area contributed by atoms with Crippen LogP contribution in [0.5, 0.6) is 0 Å². The van der Waals surface area contributed by atoms with Crippen LogP contribution < -0.4 is 0 Å². The second-order valence-corrected chi connectivity index (χ2v) is 8.91. The maximum atomic E-state index is 13.0. The Hall–Kier alpha value is -0.950. The first-order valence-corrected chi connectivity index (χ1v) is 9.89. The molecule has 1 aromatic rings. The number of likely N-dealkylation sites (tertiary alicyclic amines) is 1. The summed E-state index contributed by atoms with van der Waals surface area (Å²) in [4.78, 5) is 2.87. The fraction of sp³-hybridized carbons (Fsp3) is 0.647. The molecule has 2 saturated heterocycles. The minimum absolute atomic E-state index is 0.446. The second-order valence-electron chi connectivity index (χ2n) is 7.01. The third-order valence-electron chi connectivity index (χ3n) is 5.65. The van der Waals surface area contributed by atoms with Crippen LogP contribution in [0.3, 0.4) is 0 Å². The summed E-state index contributed by atoms with van der Waals surface area (Å²) in [6.07, 6.45) is 0. The average Bonchev–Trinajstić information content (AvgIpc) is 2.98. The van der Waals surface area contributed by atoms with E-state index in [-0.39, 0.29) is 0 Å². The predicted molar refractivity (Wildman–Crippen MR) is 87.4 cm³/mol. The number of nitrogens with zero attached hydrogens (tertiary/aromatic N) is 2. The van der Waals surface area contributed by atoms with Crippen molar-refractivity contribution in [2.45, 2.75) is 18.4 Å². The standard InChI is InChI=1S/C17H24N2O3S/c1-13-15-11-18(12-16(13)15)10-14-4-2-3-5-17(14)23(20,21)19-6-8-22-9-7-19/h2-5,13,15-16H,6-12H2,1H3. The van der Waals surface area contributed by atoms with Gasteiger partial charge in [0, 0.05) is 32.7 Å². The minimum atomic E-state index is -3.42. The van der Waals surface area contributed by atoms with E-state index in [1.807, 2.05) is 18.2 Å². The highest BCUT2D eigenvalue weighted by atomic mass is 32.2. The molecule has 2 aliphatic heterocycles. The molecule has 2 unspecified atom stereocenters. The summed E-state index contributed by atoms with van der Waals surface area (Å²) in [7, 11) is -3.42. The van der Waals surface area contributed by atoms with Crippen molar-refractivity contribution in [3.05, 3.63) is 29.8 Å². The highest BCUT2D eigenvalue weighted by molar-refractivity contribution is 7.89. The number of fused-ring (bicyclic) bond motifs is 1. The Bertz CT molecular complexity index is 673. The number of ether oxygens (including phenoxy) is 1. The summed E-state index contributed by atoms with van der Waals surface area (Å²) >= 11 is 0. The summed E-state index contributed by atoms with van der Waals surface area (Å²) in [5.41, 5.74) is 0.924. The van der Waals surface area contributed by atoms with Crippen LogP contribution in [0.4, 0.5) is 0 Å². The van der Waals surface area contributed by atoms with E-state index in [1.54, 1.807) is 10.4 Å². The van der Waals surface area contributed by atoms with Crippen LogP contribution in [0.25, 0.3) is 0 Å². The molecule has 2 atom stereocenters. The van der Waals surface area contributed by atoms with E-state index < -0.39 is 10.0 Å². The third-order valence-corrected chi connectivity index (χ3v) is 7.65. The van der Waals surface area contributed by atoms with Gasteiger partial charge in [0.1, 0.15) is 0 Å². The molecule has 3 aliphatic rings. The molecule has 4 rings (SSSR count). The smallest absolute Gasteiger partial charge is 0.243 e. The third kappa shape index (κ3) is 2.82. The molecule has 0 bridgehead atoms. The van der Waals surface area contributed by atoms with E-state index in [2.05, 4.69) is 11.8 Å². The average molecular weight is 336 g/mol. The molecule has 0 aromatic heterocycles. The molecule has 6 heteroatoms. The van der Waals surface area contributed by atoms with Crippen molar-refractivity contribution in [3.8, 4) is 0 Å². The SMILES string of the molecule is CC1C2CN(Cc3ccccc3S(=O)(=O)N3CCOCC3)CC12. The first kappa shape index (κ1) is 15.6. The van der Waals surface area contributed by atoms with Crippen LogP contribution in [-0.2, 0) is 21.3 Å². The van der Waals surface area contributed by atoms with Gasteiger partial charge in [-0.25, -0.2) is 8.42 Å². The van der Waals surface area contributed by atoms with Crippen molar-refractivity contribution in [2.75, 3.05) is 39.4 Å². The number of sulfonamides is 1. The normalized spacial score (nSPS) is 32.0. The fourth-order valence-corrected chi connectivity index (χ4v) is 5.72. The molecule has 0 radical (unpaired) electrons. The number of hydrogen-bond donors (Lipinski definition) is 0. The predicted octanol–water partition coefficient (Wildman–Crippen LogP) is 1.41. The molecule has 5 nitrogen and oxygen atoms in total. The van der Waals surface area contributed by atoms with Crippen molar-refractivity contribution in [1.82, 2.24) is 9.21 Å². The second kappa shape index (κ2) is 5.84. The summed E-state index contributed by atoms with van der Waals surface area (Å²) in [6, 6.07) is 7.47. The Morgan fingerprint density at radius 1 is 1.13 bits per heavy atom. The molecule has 2 heterocycles. The number of piperidine rings is 1. The van der Waals surface area contributed by atoms with Gasteiger partial charge in [0.15, 0.2) is 0 Å². The lowest BCUT2D eigenvalue weighted by molar-refractivity contribution is 0.0730. The van der Waals surface area contributed by atoms with Crippen LogP contribution in [0.2, 0.25) is 0 Å². The van der Waals surface area contributed by atoms with Gasteiger partial charge in [0.2, 0.25) is 10.0 Å². The Balaban J connectivity index is 1.54. The lowest BCUT2D eigenvalue weighted by Gasteiger charge is -2.27. The quantitative estimate of drug-likeness (QED) is 0.834. The number of morpholine rings is 1. The van der Waals surface area contributed by atoms with E-state index in [9.17, 15) is 8.42 Å². The van der Waals surface area contributed by atoms with E-state index >= 15 is 0 Å². The zero-order valence-electron chi connectivity index (χ0n) is 13.5. The molecule has 126 valence electrons. The van der Waals surface area contributed by atoms with Crippen LogP contribution in [-0.4, -0.2) is 57.0 Å². The van der Waals surface area contributed by atoms with Gasteiger partial charge in [-0.3, -0.25) is 4.90 Å². The fourth-order valence-electron chi connectivity index (χ4n) is 4.09. The molecule has 0 spiro atoms. The molecule has 23 heavy (non-hydrogen) atoms. The lowest BCUT2D eigenvalue weighted by atomic mass is 10.2. The van der Waals surface area contributed by atoms with Gasteiger partial charge in [-0.2, -0.15) is 4.31 Å². The van der Waals surface area contributed by atoms with Gasteiger partial charge in [0.05, 0.1) is 18.1 Å². The van der Waals surface area contributed by atoms with Gasteiger partial charge < -0.3 is 4.74 Å². The summed E-state index contributed by atoms with van der Waals surface area (Å²) in [5, 5.41) is 0. The highest BCUT2D eigenvalue weighted by Gasteiger charge is 2.52. The van der Waals surface area contributed by atoms with Crippen LogP contribution in [0, 0.1) is 17.8 Å². The summed E-state index contributed by atoms with van der Waals surface area (Å²) in [6.45, 7) is 7.13. The van der Waals surface area contributed by atoms with Crippen LogP contribution >= 0.6 is 0 Å². The molecule has 3 fully saturated rings. The van der Waals surface area contributed by atoms with Crippen molar-refractivity contribution < 1.29 is 13.2 Å². The largest absolute Gasteiger partial charge is 0.379 e. The Labute approximate surface area is 138 Å². The van der Waals surface area contributed by atoms with Crippen LogP contribution in [0.1, 0.15) is 12.5 Å². The molecule has 0 N–H and O–H groups in total. The molecule has 1 saturated carbocycles. The monoisotopic (exact) mass is 336 g/mol. The van der Waals surface area contributed by atoms with Gasteiger partial charge in [-0.05, 0) is 29.4 Å². The van der Waals surface area contributed by atoms with Gasteiger partial charge >= 0.3 is 0 Å². The first-order valence-electron chi connectivity index (χ1n) is 8.45. The van der Waals surface area contributed by atoms with Crippen molar-refractivity contribution in [3.63, 3.8) is 0 Å². The van der Waals surface area contributed by atoms with E-state index in [0.29, 0.717) is 31.2 Å². The van der Waals surface area contributed by atoms with Crippen molar-refractivity contribution in [1.29, 1.82) is 0 Å². The number of benzene rings is 1. The highest BCUT2D eigenvalue weighted by Crippen LogP contribution is 2.51. The molecule has 1 aliphatic carbocycles. The molecular formula is C17H24N2O3S. The van der Waals surface area contributed by atoms with E-state index in [1.165, 1.54) is 0 Å². The maximum Gasteiger partial charge on any atom is 0.243 e.